The van der Waals surface area contributed by atoms with E-state index >= 15 is 0 Å². The van der Waals surface area contributed by atoms with Crippen LogP contribution in [0.25, 0.3) is 0 Å². The van der Waals surface area contributed by atoms with Gasteiger partial charge in [0, 0.05) is 29.5 Å². The molecule has 1 heterocycles. The number of halogens is 3. The molecule has 1 aliphatic heterocycles. The van der Waals surface area contributed by atoms with E-state index in [2.05, 4.69) is 11.0 Å². The van der Waals surface area contributed by atoms with Gasteiger partial charge in [0.05, 0.1) is 25.9 Å². The third kappa shape index (κ3) is 4.99. The van der Waals surface area contributed by atoms with Crippen LogP contribution >= 0.6 is 0 Å². The number of likely N-dealkylation sites (tertiary alicyclic amines) is 1. The van der Waals surface area contributed by atoms with Crippen LogP contribution in [0.4, 0.5) is 13.2 Å². The summed E-state index contributed by atoms with van der Waals surface area (Å²) in [5.74, 6) is 1.57. The predicted molar refractivity (Wildman–Crippen MR) is 121 cm³/mol. The molecule has 2 atom stereocenters. The number of rotatable bonds is 8. The van der Waals surface area contributed by atoms with Crippen LogP contribution in [0.15, 0.2) is 48.5 Å². The molecule has 2 aromatic rings. The number of para-hydroxylation sites is 1. The summed E-state index contributed by atoms with van der Waals surface area (Å²) < 4.78 is 49.8. The highest BCUT2D eigenvalue weighted by Gasteiger charge is 2.49. The van der Waals surface area contributed by atoms with Crippen molar-refractivity contribution in [1.29, 1.82) is 0 Å². The van der Waals surface area contributed by atoms with Crippen molar-refractivity contribution in [2.45, 2.75) is 49.7 Å². The molecule has 1 saturated carbocycles. The van der Waals surface area contributed by atoms with Crippen LogP contribution in [0, 0.1) is 5.92 Å². The lowest BCUT2D eigenvalue weighted by atomic mass is 9.59. The topological polar surface area (TPSA) is 41.9 Å². The van der Waals surface area contributed by atoms with E-state index in [1.165, 1.54) is 17.7 Å². The van der Waals surface area contributed by atoms with Gasteiger partial charge in [-0.1, -0.05) is 24.6 Å². The normalized spacial score (nSPS) is 21.8. The number of hydrogen-bond acceptors (Lipinski definition) is 4. The Morgan fingerprint density at radius 2 is 1.82 bits per heavy atom. The zero-order chi connectivity index (χ0) is 23.5. The van der Waals surface area contributed by atoms with Gasteiger partial charge in [-0.15, -0.1) is 0 Å². The van der Waals surface area contributed by atoms with Crippen molar-refractivity contribution in [3.8, 4) is 11.5 Å². The van der Waals surface area contributed by atoms with Crippen molar-refractivity contribution in [3.63, 3.8) is 0 Å². The lowest BCUT2D eigenvalue weighted by Crippen LogP contribution is -2.58. The van der Waals surface area contributed by atoms with Crippen molar-refractivity contribution in [1.82, 2.24) is 4.90 Å². The van der Waals surface area contributed by atoms with E-state index in [4.69, 9.17) is 9.47 Å². The minimum Gasteiger partial charge on any atom is -0.496 e. The van der Waals surface area contributed by atoms with Crippen LogP contribution in [0.2, 0.25) is 0 Å². The van der Waals surface area contributed by atoms with Crippen molar-refractivity contribution in [2.75, 3.05) is 33.4 Å². The van der Waals surface area contributed by atoms with Crippen molar-refractivity contribution in [2.24, 2.45) is 5.92 Å². The van der Waals surface area contributed by atoms with Gasteiger partial charge >= 0.3 is 6.18 Å². The van der Waals surface area contributed by atoms with E-state index < -0.39 is 11.7 Å². The number of ether oxygens (including phenoxy) is 2. The third-order valence-electron chi connectivity index (χ3n) is 7.36. The Morgan fingerprint density at radius 3 is 2.42 bits per heavy atom. The number of hydrogen-bond donors (Lipinski definition) is 1. The van der Waals surface area contributed by atoms with Gasteiger partial charge in [0.25, 0.3) is 0 Å². The minimum absolute atomic E-state index is 0.00332. The second-order valence-electron chi connectivity index (χ2n) is 9.24. The number of benzene rings is 2. The molecular formula is C26H32F3NO3. The van der Waals surface area contributed by atoms with Crippen molar-refractivity contribution in [3.05, 3.63) is 59.7 Å². The molecule has 0 radical (unpaired) electrons. The molecule has 2 aliphatic rings. The zero-order valence-electron chi connectivity index (χ0n) is 19.0. The Labute approximate surface area is 193 Å². The van der Waals surface area contributed by atoms with Gasteiger partial charge in [0.15, 0.2) is 0 Å². The van der Waals surface area contributed by atoms with Crippen LogP contribution < -0.4 is 9.47 Å². The molecule has 0 aromatic heterocycles. The molecule has 4 rings (SSSR count). The first-order chi connectivity index (χ1) is 15.9. The van der Waals surface area contributed by atoms with Crippen LogP contribution in [-0.4, -0.2) is 49.5 Å². The maximum Gasteiger partial charge on any atom is 0.416 e. The smallest absolute Gasteiger partial charge is 0.416 e. The van der Waals surface area contributed by atoms with Gasteiger partial charge in [-0.05, 0) is 62.6 Å². The molecule has 4 nitrogen and oxygen atoms in total. The largest absolute Gasteiger partial charge is 0.496 e. The average Bonchev–Trinajstić information content (AvgIpc) is 2.80. The minimum atomic E-state index is -4.35. The van der Waals surface area contributed by atoms with Crippen LogP contribution in [0.3, 0.4) is 0 Å². The summed E-state index contributed by atoms with van der Waals surface area (Å²) in [5.41, 5.74) is 0.366. The summed E-state index contributed by atoms with van der Waals surface area (Å²) >= 11 is 0. The van der Waals surface area contributed by atoms with Gasteiger partial charge in [0.1, 0.15) is 11.5 Å². The van der Waals surface area contributed by atoms with Crippen LogP contribution in [0.1, 0.15) is 43.2 Å². The first-order valence-corrected chi connectivity index (χ1v) is 11.7. The van der Waals surface area contributed by atoms with E-state index in [1.54, 1.807) is 7.11 Å². The van der Waals surface area contributed by atoms with E-state index in [0.29, 0.717) is 12.4 Å². The summed E-state index contributed by atoms with van der Waals surface area (Å²) in [7, 11) is 1.69. The molecule has 2 unspecified atom stereocenters. The van der Waals surface area contributed by atoms with Gasteiger partial charge in [-0.3, -0.25) is 4.90 Å². The fraction of sp³-hybridized carbons (Fsp3) is 0.538. The first-order valence-electron chi connectivity index (χ1n) is 11.7. The van der Waals surface area contributed by atoms with Gasteiger partial charge in [-0.25, -0.2) is 0 Å². The second kappa shape index (κ2) is 9.94. The molecule has 1 aliphatic carbocycles. The summed E-state index contributed by atoms with van der Waals surface area (Å²) in [6.45, 7) is 2.23. The molecule has 1 saturated heterocycles. The van der Waals surface area contributed by atoms with E-state index in [0.717, 1.165) is 63.1 Å². The molecule has 0 bridgehead atoms. The number of aliphatic hydroxyl groups excluding tert-OH is 1. The Kier molecular flexibility index (Phi) is 7.19. The Balaban J connectivity index is 1.43. The standard InChI is InChI=1S/C26H32F3NO3/c1-32-23-8-3-2-7-22(23)25(13-5-14-25)24(17-31)30-15-4-6-19(16-30)18-33-21-11-9-20(10-12-21)26(27,28)29/h2-3,7-12,19,24,31H,4-6,13-18H2,1H3. The lowest BCUT2D eigenvalue weighted by molar-refractivity contribution is -0.137. The molecular weight excluding hydrogens is 431 g/mol. The molecule has 2 aromatic carbocycles. The van der Waals surface area contributed by atoms with Gasteiger partial charge < -0.3 is 14.6 Å². The SMILES string of the molecule is COc1ccccc1C1(C(CO)N2CCCC(COc3ccc(C(F)(F)F)cc3)C2)CCC1. The van der Waals surface area contributed by atoms with Crippen molar-refractivity contribution < 1.29 is 27.8 Å². The molecule has 33 heavy (non-hydrogen) atoms. The number of methoxy groups -OCH3 is 1. The molecule has 7 heteroatoms. The second-order valence-corrected chi connectivity index (χ2v) is 9.24. The van der Waals surface area contributed by atoms with Gasteiger partial charge in [-0.2, -0.15) is 13.2 Å². The Hall–Kier alpha value is -2.25. The summed E-state index contributed by atoms with van der Waals surface area (Å²) in [6, 6.07) is 13.0. The molecule has 180 valence electrons. The number of piperidine rings is 1. The zero-order valence-corrected chi connectivity index (χ0v) is 19.0. The monoisotopic (exact) mass is 463 g/mol. The first kappa shape index (κ1) is 23.9. The average molecular weight is 464 g/mol. The Morgan fingerprint density at radius 1 is 1.09 bits per heavy atom. The highest BCUT2D eigenvalue weighted by molar-refractivity contribution is 5.43. The van der Waals surface area contributed by atoms with Gasteiger partial charge in [0.2, 0.25) is 0 Å². The van der Waals surface area contributed by atoms with Crippen LogP contribution in [-0.2, 0) is 11.6 Å². The fourth-order valence-corrected chi connectivity index (χ4v) is 5.51. The molecule has 2 fully saturated rings. The van der Waals surface area contributed by atoms with E-state index in [1.807, 2.05) is 18.2 Å². The third-order valence-corrected chi connectivity index (χ3v) is 7.36. The lowest BCUT2D eigenvalue weighted by Gasteiger charge is -2.53. The highest BCUT2D eigenvalue weighted by atomic mass is 19.4. The molecule has 1 N–H and O–H groups in total. The maximum atomic E-state index is 12.8. The highest BCUT2D eigenvalue weighted by Crippen LogP contribution is 2.51. The summed E-state index contributed by atoms with van der Waals surface area (Å²) in [4.78, 5) is 2.38. The van der Waals surface area contributed by atoms with Crippen LogP contribution in [0.5, 0.6) is 11.5 Å². The fourth-order valence-electron chi connectivity index (χ4n) is 5.51. The summed E-state index contributed by atoms with van der Waals surface area (Å²) in [5, 5.41) is 10.5. The number of nitrogens with zero attached hydrogens (tertiary/aromatic N) is 1. The Bertz CT molecular complexity index is 912. The van der Waals surface area contributed by atoms with Crippen molar-refractivity contribution >= 4 is 0 Å². The molecule has 0 spiro atoms. The predicted octanol–water partition coefficient (Wildman–Crippen LogP) is 5.29. The number of alkyl halides is 3. The molecule has 0 amide bonds. The van der Waals surface area contributed by atoms with E-state index in [9.17, 15) is 18.3 Å². The number of aliphatic hydroxyl groups is 1. The summed E-state index contributed by atoms with van der Waals surface area (Å²) in [6.07, 6.45) is 0.809. The van der Waals surface area contributed by atoms with E-state index in [-0.39, 0.29) is 24.0 Å². The quantitative estimate of drug-likeness (QED) is 0.578. The maximum absolute atomic E-state index is 12.8.